The van der Waals surface area contributed by atoms with Crippen LogP contribution in [0.2, 0.25) is 0 Å². The monoisotopic (exact) mass is 348 g/mol. The summed E-state index contributed by atoms with van der Waals surface area (Å²) < 4.78 is 29.4. The number of methoxy groups -OCH3 is 2. The Balaban J connectivity index is 1.73. The number of rotatable bonds is 5. The number of nitrogens with zero attached hydrogens (tertiary/aromatic N) is 1. The molecule has 1 atom stereocenters. The number of halogens is 1. The Morgan fingerprint density at radius 3 is 2.96 bits per heavy atom. The van der Waals surface area contributed by atoms with Crippen LogP contribution in [0.4, 0.5) is 14.9 Å². The van der Waals surface area contributed by atoms with Gasteiger partial charge in [-0.15, -0.1) is 0 Å². The molecule has 0 radical (unpaired) electrons. The van der Waals surface area contributed by atoms with Crippen molar-refractivity contribution in [2.24, 2.45) is 0 Å². The minimum atomic E-state index is -0.470. The maximum Gasteiger partial charge on any atom is 0.322 e. The van der Waals surface area contributed by atoms with Gasteiger partial charge < -0.3 is 24.1 Å². The van der Waals surface area contributed by atoms with Crippen LogP contribution in [-0.2, 0) is 11.3 Å². The number of anilines is 1. The molecule has 1 aromatic heterocycles. The average molecular weight is 348 g/mol. The number of urea groups is 1. The van der Waals surface area contributed by atoms with Crippen LogP contribution in [0.3, 0.4) is 0 Å². The molecule has 1 aliphatic heterocycles. The zero-order valence-corrected chi connectivity index (χ0v) is 14.3. The smallest absolute Gasteiger partial charge is 0.322 e. The topological polar surface area (TPSA) is 63.9 Å². The largest absolute Gasteiger partial charge is 0.497 e. The fourth-order valence-electron chi connectivity index (χ4n) is 3.05. The first-order chi connectivity index (χ1) is 12.1. The van der Waals surface area contributed by atoms with Gasteiger partial charge in [0.05, 0.1) is 13.2 Å². The third-order valence-corrected chi connectivity index (χ3v) is 4.17. The molecule has 0 spiro atoms. The van der Waals surface area contributed by atoms with Gasteiger partial charge in [-0.05, 0) is 31.0 Å². The highest BCUT2D eigenvalue weighted by atomic mass is 19.1. The number of benzene rings is 1. The second-order valence-corrected chi connectivity index (χ2v) is 5.90. The van der Waals surface area contributed by atoms with Crippen LogP contribution in [0, 0.1) is 5.82 Å². The lowest BCUT2D eigenvalue weighted by atomic mass is 10.2. The summed E-state index contributed by atoms with van der Waals surface area (Å²) >= 11 is 0. The van der Waals surface area contributed by atoms with Crippen molar-refractivity contribution in [3.63, 3.8) is 0 Å². The van der Waals surface area contributed by atoms with Crippen molar-refractivity contribution in [1.29, 1.82) is 0 Å². The predicted molar refractivity (Wildman–Crippen MR) is 90.1 cm³/mol. The summed E-state index contributed by atoms with van der Waals surface area (Å²) in [4.78, 5) is 14.3. The summed E-state index contributed by atoms with van der Waals surface area (Å²) in [6.45, 7) is 1.01. The summed E-state index contributed by atoms with van der Waals surface area (Å²) in [5.41, 5.74) is 0.354. The first-order valence-electron chi connectivity index (χ1n) is 8.10. The highest BCUT2D eigenvalue weighted by molar-refractivity contribution is 5.90. The lowest BCUT2D eigenvalue weighted by Gasteiger charge is -2.23. The van der Waals surface area contributed by atoms with Crippen LogP contribution in [0.15, 0.2) is 34.7 Å². The number of furan rings is 1. The summed E-state index contributed by atoms with van der Waals surface area (Å²) in [7, 11) is 3.05. The number of hydrogen-bond acceptors (Lipinski definition) is 4. The summed E-state index contributed by atoms with van der Waals surface area (Å²) in [5, 5.41) is 2.73. The molecule has 134 valence electrons. The lowest BCUT2D eigenvalue weighted by Crippen LogP contribution is -2.34. The molecule has 1 N–H and O–H groups in total. The van der Waals surface area contributed by atoms with Crippen LogP contribution in [0.25, 0.3) is 0 Å². The normalized spacial score (nSPS) is 16.9. The molecule has 0 unspecified atom stereocenters. The van der Waals surface area contributed by atoms with Crippen LogP contribution in [0.5, 0.6) is 5.75 Å². The first-order valence-corrected chi connectivity index (χ1v) is 8.10. The number of amides is 2. The SMILES string of the molecule is COCc1ccc([C@H]2CCCN2C(=O)Nc2cc(F)cc(OC)c2)o1. The molecule has 1 saturated heterocycles. The van der Waals surface area contributed by atoms with E-state index in [0.717, 1.165) is 24.4 Å². The fourth-order valence-corrected chi connectivity index (χ4v) is 3.05. The Morgan fingerprint density at radius 2 is 2.20 bits per heavy atom. The van der Waals surface area contributed by atoms with Crippen molar-refractivity contribution >= 4 is 11.7 Å². The van der Waals surface area contributed by atoms with Gasteiger partial charge in [0.15, 0.2) is 0 Å². The van der Waals surface area contributed by atoms with Crippen molar-refractivity contribution in [3.8, 4) is 5.75 Å². The van der Waals surface area contributed by atoms with Gasteiger partial charge in [-0.1, -0.05) is 0 Å². The molecule has 0 bridgehead atoms. The minimum absolute atomic E-state index is 0.138. The third-order valence-electron chi connectivity index (χ3n) is 4.17. The van der Waals surface area contributed by atoms with E-state index >= 15 is 0 Å². The number of ether oxygens (including phenoxy) is 2. The number of carbonyl (C=O) groups is 1. The highest BCUT2D eigenvalue weighted by Crippen LogP contribution is 2.33. The fraction of sp³-hybridized carbons (Fsp3) is 0.389. The molecule has 2 aromatic rings. The third kappa shape index (κ3) is 3.93. The maximum atomic E-state index is 13.6. The van der Waals surface area contributed by atoms with Gasteiger partial charge in [-0.25, -0.2) is 9.18 Å². The molecule has 1 aliphatic rings. The minimum Gasteiger partial charge on any atom is -0.497 e. The lowest BCUT2D eigenvalue weighted by molar-refractivity contribution is 0.157. The van der Waals surface area contributed by atoms with Crippen molar-refractivity contribution in [2.75, 3.05) is 26.1 Å². The quantitative estimate of drug-likeness (QED) is 0.889. The number of likely N-dealkylation sites (tertiary alicyclic amines) is 1. The van der Waals surface area contributed by atoms with Crippen molar-refractivity contribution in [3.05, 3.63) is 47.7 Å². The number of hydrogen-bond donors (Lipinski definition) is 1. The molecule has 6 nitrogen and oxygen atoms in total. The molecular weight excluding hydrogens is 327 g/mol. The second-order valence-electron chi connectivity index (χ2n) is 5.90. The van der Waals surface area contributed by atoms with Crippen LogP contribution >= 0.6 is 0 Å². The Morgan fingerprint density at radius 1 is 1.36 bits per heavy atom. The Kier molecular flexibility index (Phi) is 5.23. The van der Waals surface area contributed by atoms with Gasteiger partial charge in [-0.3, -0.25) is 0 Å². The van der Waals surface area contributed by atoms with E-state index in [1.165, 1.54) is 19.2 Å². The standard InChI is InChI=1S/C18H21FN2O4/c1-23-11-14-5-6-17(25-14)16-4-3-7-21(16)18(22)20-13-8-12(19)9-15(10-13)24-2/h5-6,8-10,16H,3-4,7,11H2,1-2H3,(H,20,22)/t16-/m1/s1. The number of nitrogens with one attached hydrogen (secondary N) is 1. The van der Waals surface area contributed by atoms with Crippen molar-refractivity contribution < 1.29 is 23.1 Å². The van der Waals surface area contributed by atoms with E-state index in [-0.39, 0.29) is 12.1 Å². The van der Waals surface area contributed by atoms with E-state index < -0.39 is 5.82 Å². The van der Waals surface area contributed by atoms with Gasteiger partial charge in [0, 0.05) is 31.5 Å². The molecule has 1 aromatic carbocycles. The van der Waals surface area contributed by atoms with Gasteiger partial charge in [0.25, 0.3) is 0 Å². The molecule has 0 aliphatic carbocycles. The van der Waals surface area contributed by atoms with Crippen molar-refractivity contribution in [1.82, 2.24) is 4.90 Å². The Labute approximate surface area is 145 Å². The number of carbonyl (C=O) groups excluding carboxylic acids is 1. The predicted octanol–water partition coefficient (Wildman–Crippen LogP) is 3.94. The Hall–Kier alpha value is -2.54. The zero-order valence-electron chi connectivity index (χ0n) is 14.3. The van der Waals surface area contributed by atoms with E-state index in [4.69, 9.17) is 13.9 Å². The molecule has 25 heavy (non-hydrogen) atoms. The molecular formula is C18H21FN2O4. The van der Waals surface area contributed by atoms with Gasteiger partial charge >= 0.3 is 6.03 Å². The second kappa shape index (κ2) is 7.57. The van der Waals surface area contributed by atoms with Crippen LogP contribution in [0.1, 0.15) is 30.4 Å². The molecule has 2 amide bonds. The summed E-state index contributed by atoms with van der Waals surface area (Å²) in [5.74, 6) is 1.34. The molecule has 2 heterocycles. The molecule has 3 rings (SSSR count). The maximum absolute atomic E-state index is 13.6. The van der Waals surface area contributed by atoms with Crippen LogP contribution < -0.4 is 10.1 Å². The van der Waals surface area contributed by atoms with E-state index in [0.29, 0.717) is 24.6 Å². The molecule has 7 heteroatoms. The van der Waals surface area contributed by atoms with Gasteiger partial charge in [0.2, 0.25) is 0 Å². The zero-order chi connectivity index (χ0) is 17.8. The molecule has 0 saturated carbocycles. The Bertz CT molecular complexity index is 746. The average Bonchev–Trinajstić information content (AvgIpc) is 3.23. The van der Waals surface area contributed by atoms with Crippen LogP contribution in [-0.4, -0.2) is 31.7 Å². The summed E-state index contributed by atoms with van der Waals surface area (Å²) in [6, 6.07) is 7.39. The first kappa shape index (κ1) is 17.3. The van der Waals surface area contributed by atoms with E-state index in [1.54, 1.807) is 18.1 Å². The highest BCUT2D eigenvalue weighted by Gasteiger charge is 2.32. The van der Waals surface area contributed by atoms with Gasteiger partial charge in [0.1, 0.15) is 29.7 Å². The van der Waals surface area contributed by atoms with Crippen molar-refractivity contribution in [2.45, 2.75) is 25.5 Å². The molecule has 1 fully saturated rings. The van der Waals surface area contributed by atoms with E-state index in [1.807, 2.05) is 12.1 Å². The van der Waals surface area contributed by atoms with E-state index in [9.17, 15) is 9.18 Å². The summed E-state index contributed by atoms with van der Waals surface area (Å²) in [6.07, 6.45) is 1.70. The van der Waals surface area contributed by atoms with Gasteiger partial charge in [-0.2, -0.15) is 0 Å². The van der Waals surface area contributed by atoms with E-state index in [2.05, 4.69) is 5.32 Å².